The molecule has 0 aliphatic rings. The number of esters is 2. The second kappa shape index (κ2) is 36.8. The van der Waals surface area contributed by atoms with Crippen molar-refractivity contribution in [2.75, 3.05) is 47.5 Å². The van der Waals surface area contributed by atoms with Crippen molar-refractivity contribution in [1.29, 1.82) is 0 Å². The van der Waals surface area contributed by atoms with Crippen molar-refractivity contribution < 1.29 is 42.1 Å². The second-order valence-corrected chi connectivity index (χ2v) is 17.2. The molecule has 1 N–H and O–H groups in total. The maximum absolute atomic E-state index is 12.6. The number of nitrogens with zero attached hydrogens (tertiary/aromatic N) is 1. The lowest BCUT2D eigenvalue weighted by molar-refractivity contribution is -0.870. The zero-order chi connectivity index (χ0) is 40.0. The zero-order valence-electron chi connectivity index (χ0n) is 35.5. The molecule has 0 aromatic rings. The average Bonchev–Trinajstić information content (AvgIpc) is 3.12. The number of hydrogen-bond donors (Lipinski definition) is 1. The molecule has 9 nitrogen and oxygen atoms in total. The average molecular weight is 785 g/mol. The minimum Gasteiger partial charge on any atom is -0.462 e. The van der Waals surface area contributed by atoms with Crippen LogP contribution in [0.15, 0.2) is 36.5 Å². The summed E-state index contributed by atoms with van der Waals surface area (Å²) in [5.74, 6) is -0.826. The predicted molar refractivity (Wildman–Crippen MR) is 224 cm³/mol. The molecule has 2 atom stereocenters. The normalized spacial score (nSPS) is 14.0. The van der Waals surface area contributed by atoms with Crippen LogP contribution in [-0.2, 0) is 32.7 Å². The maximum atomic E-state index is 12.6. The van der Waals surface area contributed by atoms with Crippen molar-refractivity contribution in [3.63, 3.8) is 0 Å². The summed E-state index contributed by atoms with van der Waals surface area (Å²) in [6, 6.07) is 0. The van der Waals surface area contributed by atoms with Gasteiger partial charge in [-0.2, -0.15) is 0 Å². The van der Waals surface area contributed by atoms with E-state index in [-0.39, 0.29) is 32.0 Å². The number of ether oxygens (including phenoxy) is 2. The van der Waals surface area contributed by atoms with Crippen LogP contribution in [0.2, 0.25) is 0 Å². The largest absolute Gasteiger partial charge is 0.472 e. The van der Waals surface area contributed by atoms with Gasteiger partial charge in [0.2, 0.25) is 0 Å². The molecule has 316 valence electrons. The van der Waals surface area contributed by atoms with Crippen molar-refractivity contribution >= 4 is 19.8 Å². The van der Waals surface area contributed by atoms with Crippen LogP contribution in [0.25, 0.3) is 0 Å². The molecular formula is C44H83NO8P+. The van der Waals surface area contributed by atoms with Gasteiger partial charge in [-0.25, -0.2) is 4.57 Å². The van der Waals surface area contributed by atoms with E-state index in [4.69, 9.17) is 18.5 Å². The Morgan fingerprint density at radius 2 is 1.00 bits per heavy atom. The van der Waals surface area contributed by atoms with Gasteiger partial charge in [-0.3, -0.25) is 18.6 Å². The van der Waals surface area contributed by atoms with Gasteiger partial charge in [0.05, 0.1) is 27.7 Å². The van der Waals surface area contributed by atoms with E-state index in [1.807, 2.05) is 21.1 Å². The molecule has 0 aromatic heterocycles. The fourth-order valence-corrected chi connectivity index (χ4v) is 6.43. The number of hydrogen-bond acceptors (Lipinski definition) is 7. The Balaban J connectivity index is 4.38. The first-order chi connectivity index (χ1) is 26.0. The van der Waals surface area contributed by atoms with Crippen LogP contribution in [0.1, 0.15) is 181 Å². The number of phosphoric ester groups is 1. The number of likely N-dealkylation sites (N-methyl/N-ethyl adjacent to an activating group) is 1. The van der Waals surface area contributed by atoms with Crippen LogP contribution < -0.4 is 0 Å². The van der Waals surface area contributed by atoms with Gasteiger partial charge in [-0.1, -0.05) is 134 Å². The monoisotopic (exact) mass is 785 g/mol. The molecule has 54 heavy (non-hydrogen) atoms. The number of allylic oxidation sites excluding steroid dienone is 6. The quantitative estimate of drug-likeness (QED) is 0.0216. The van der Waals surface area contributed by atoms with Crippen LogP contribution in [-0.4, -0.2) is 74.9 Å². The van der Waals surface area contributed by atoms with Crippen LogP contribution in [0.5, 0.6) is 0 Å². The van der Waals surface area contributed by atoms with E-state index in [1.165, 1.54) is 83.5 Å². The molecular weight excluding hydrogens is 701 g/mol. The summed E-state index contributed by atoms with van der Waals surface area (Å²) >= 11 is 0. The van der Waals surface area contributed by atoms with Crippen LogP contribution in [0.3, 0.4) is 0 Å². The molecule has 0 amide bonds. The van der Waals surface area contributed by atoms with Gasteiger partial charge >= 0.3 is 19.8 Å². The van der Waals surface area contributed by atoms with E-state index in [1.54, 1.807) is 0 Å². The summed E-state index contributed by atoms with van der Waals surface area (Å²) < 4.78 is 34.2. The minimum atomic E-state index is -4.38. The minimum absolute atomic E-state index is 0.0274. The molecule has 0 radical (unpaired) electrons. The van der Waals surface area contributed by atoms with Crippen molar-refractivity contribution in [3.05, 3.63) is 36.5 Å². The molecule has 10 heteroatoms. The van der Waals surface area contributed by atoms with Gasteiger partial charge in [0.1, 0.15) is 19.8 Å². The molecule has 0 bridgehead atoms. The van der Waals surface area contributed by atoms with Crippen molar-refractivity contribution in [3.8, 4) is 0 Å². The fourth-order valence-electron chi connectivity index (χ4n) is 5.68. The third-order valence-corrected chi connectivity index (χ3v) is 10.1. The molecule has 0 heterocycles. The van der Waals surface area contributed by atoms with Gasteiger partial charge in [0, 0.05) is 12.8 Å². The molecule has 0 aliphatic heterocycles. The van der Waals surface area contributed by atoms with Gasteiger partial charge in [-0.05, 0) is 70.6 Å². The standard InChI is InChI=1S/C44H82NO8P/c1-6-8-10-12-14-16-18-20-21-22-23-25-26-28-30-32-34-36-43(46)50-40-42(41-52-54(48,49)51-39-38-45(3,4)5)53-44(47)37-35-33-31-29-27-24-19-17-15-13-11-9-7-2/h14,16,20-21,24,27,42H,6-13,15,17-19,22-23,25-26,28-41H2,1-5H3/p+1/b16-14+,21-20+,27-24+/t42-/m1/s1. The van der Waals surface area contributed by atoms with E-state index in [0.29, 0.717) is 17.4 Å². The summed E-state index contributed by atoms with van der Waals surface area (Å²) in [6.45, 7) is 4.36. The number of phosphoric acid groups is 1. The van der Waals surface area contributed by atoms with Gasteiger partial charge in [0.25, 0.3) is 0 Å². The van der Waals surface area contributed by atoms with Gasteiger partial charge < -0.3 is 18.9 Å². The molecule has 0 aliphatic carbocycles. The molecule has 0 fully saturated rings. The molecule has 1 unspecified atom stereocenters. The summed E-state index contributed by atoms with van der Waals surface area (Å²) in [5.41, 5.74) is 0. The Bertz CT molecular complexity index is 1020. The Hall–Kier alpha value is -1.77. The first-order valence-corrected chi connectivity index (χ1v) is 23.2. The highest BCUT2D eigenvalue weighted by molar-refractivity contribution is 7.47. The third kappa shape index (κ3) is 39.9. The first-order valence-electron chi connectivity index (χ1n) is 21.7. The summed E-state index contributed by atoms with van der Waals surface area (Å²) in [6.07, 6.45) is 40.4. The lowest BCUT2D eigenvalue weighted by atomic mass is 10.1. The van der Waals surface area contributed by atoms with Crippen LogP contribution in [0.4, 0.5) is 0 Å². The maximum Gasteiger partial charge on any atom is 0.472 e. The number of carbonyl (C=O) groups excluding carboxylic acids is 2. The Kier molecular flexibility index (Phi) is 35.6. The smallest absolute Gasteiger partial charge is 0.462 e. The number of rotatable bonds is 39. The fraction of sp³-hybridized carbons (Fsp3) is 0.818. The molecule has 0 spiro atoms. The summed E-state index contributed by atoms with van der Waals surface area (Å²) in [5, 5.41) is 0. The van der Waals surface area contributed by atoms with Gasteiger partial charge in [-0.15, -0.1) is 0 Å². The van der Waals surface area contributed by atoms with E-state index < -0.39 is 26.5 Å². The number of carbonyl (C=O) groups is 2. The van der Waals surface area contributed by atoms with E-state index in [2.05, 4.69) is 50.3 Å². The molecule has 0 rings (SSSR count). The van der Waals surface area contributed by atoms with Crippen molar-refractivity contribution in [2.45, 2.75) is 187 Å². The lowest BCUT2D eigenvalue weighted by Crippen LogP contribution is -2.37. The van der Waals surface area contributed by atoms with Crippen molar-refractivity contribution in [1.82, 2.24) is 0 Å². The van der Waals surface area contributed by atoms with E-state index >= 15 is 0 Å². The topological polar surface area (TPSA) is 108 Å². The van der Waals surface area contributed by atoms with E-state index in [0.717, 1.165) is 64.2 Å². The highest BCUT2D eigenvalue weighted by Crippen LogP contribution is 2.43. The van der Waals surface area contributed by atoms with Crippen LogP contribution in [0, 0.1) is 0 Å². The summed E-state index contributed by atoms with van der Waals surface area (Å²) in [7, 11) is 1.46. The first kappa shape index (κ1) is 52.2. The van der Waals surface area contributed by atoms with Gasteiger partial charge in [0.15, 0.2) is 6.10 Å². The third-order valence-electron chi connectivity index (χ3n) is 9.14. The molecule has 0 aromatic carbocycles. The molecule has 0 saturated carbocycles. The predicted octanol–water partition coefficient (Wildman–Crippen LogP) is 12.1. The number of unbranched alkanes of at least 4 members (excludes halogenated alkanes) is 19. The Labute approximate surface area is 331 Å². The van der Waals surface area contributed by atoms with E-state index in [9.17, 15) is 19.0 Å². The summed E-state index contributed by atoms with van der Waals surface area (Å²) in [4.78, 5) is 35.3. The molecule has 0 saturated heterocycles. The highest BCUT2D eigenvalue weighted by atomic mass is 31.2. The zero-order valence-corrected chi connectivity index (χ0v) is 36.3. The second-order valence-electron chi connectivity index (χ2n) is 15.7. The van der Waals surface area contributed by atoms with Crippen LogP contribution >= 0.6 is 7.82 Å². The Morgan fingerprint density at radius 1 is 0.574 bits per heavy atom. The lowest BCUT2D eigenvalue weighted by Gasteiger charge is -2.24. The SMILES string of the molecule is CCCCC/C=C/C/C=C/CCCCCCCCCC(=O)OC[C@H](COP(=O)(O)OCC[N+](C)(C)C)OC(=O)CCCCC/C=C/CCCCCCCC. The highest BCUT2D eigenvalue weighted by Gasteiger charge is 2.27. The number of quaternary nitrogens is 1. The van der Waals surface area contributed by atoms with Crippen molar-refractivity contribution in [2.24, 2.45) is 0 Å². The Morgan fingerprint density at radius 3 is 1.54 bits per heavy atom.